The molecule has 1 N–H and O–H groups in total. The third-order valence-electron chi connectivity index (χ3n) is 6.12. The van der Waals surface area contributed by atoms with Crippen LogP contribution >= 0.6 is 0 Å². The standard InChI is InChI=1S/C22H26N2O4/c1-14-9-10-20(18-8-4-7-17(14)18)28-16-12-21(25)24(23-13-16)19(22(26)27)11-15-5-2-3-6-15/h9-10,12-13,15,19H,2-8,11H2,1H3,(H,26,27). The number of fused-ring (bicyclic) bond motifs is 1. The van der Waals surface area contributed by atoms with Gasteiger partial charge >= 0.3 is 5.97 Å². The molecule has 0 amide bonds. The summed E-state index contributed by atoms with van der Waals surface area (Å²) < 4.78 is 7.05. The first kappa shape index (κ1) is 18.7. The maximum Gasteiger partial charge on any atom is 0.328 e. The van der Waals surface area contributed by atoms with E-state index in [1.54, 1.807) is 0 Å². The Hall–Kier alpha value is -2.63. The zero-order valence-corrected chi connectivity index (χ0v) is 16.2. The fourth-order valence-electron chi connectivity index (χ4n) is 4.63. The first-order valence-electron chi connectivity index (χ1n) is 10.1. The summed E-state index contributed by atoms with van der Waals surface area (Å²) in [4.78, 5) is 24.3. The summed E-state index contributed by atoms with van der Waals surface area (Å²) in [7, 11) is 0. The minimum Gasteiger partial charge on any atom is -0.480 e. The van der Waals surface area contributed by atoms with Crippen LogP contribution in [0.3, 0.4) is 0 Å². The summed E-state index contributed by atoms with van der Waals surface area (Å²) in [5.74, 6) is 0.453. The van der Waals surface area contributed by atoms with Gasteiger partial charge in [-0.05, 0) is 61.3 Å². The Morgan fingerprint density at radius 3 is 2.71 bits per heavy atom. The van der Waals surface area contributed by atoms with Crippen LogP contribution in [0.2, 0.25) is 0 Å². The summed E-state index contributed by atoms with van der Waals surface area (Å²) in [6.45, 7) is 2.10. The van der Waals surface area contributed by atoms with E-state index in [-0.39, 0.29) is 0 Å². The lowest BCUT2D eigenvalue weighted by molar-refractivity contribution is -0.142. The summed E-state index contributed by atoms with van der Waals surface area (Å²) in [6.07, 6.45) is 9.36. The number of carboxylic acids is 1. The molecule has 1 aromatic heterocycles. The SMILES string of the molecule is Cc1ccc(Oc2cnn(C(CC3CCCC3)C(=O)O)c(=O)c2)c2c1CCC2. The minimum absolute atomic E-state index is 0.348. The molecule has 6 nitrogen and oxygen atoms in total. The van der Waals surface area contributed by atoms with Crippen LogP contribution in [0, 0.1) is 12.8 Å². The fraction of sp³-hybridized carbons (Fsp3) is 0.500. The first-order valence-corrected chi connectivity index (χ1v) is 10.1. The lowest BCUT2D eigenvalue weighted by Crippen LogP contribution is -2.32. The number of aryl methyl sites for hydroxylation is 1. The van der Waals surface area contributed by atoms with Gasteiger partial charge in [0.15, 0.2) is 11.8 Å². The average Bonchev–Trinajstić information content (AvgIpc) is 3.34. The van der Waals surface area contributed by atoms with Crippen LogP contribution < -0.4 is 10.3 Å². The number of carbonyl (C=O) groups is 1. The second-order valence-corrected chi connectivity index (χ2v) is 8.01. The fourth-order valence-corrected chi connectivity index (χ4v) is 4.63. The predicted octanol–water partition coefficient (Wildman–Crippen LogP) is 4.04. The molecule has 4 rings (SSSR count). The van der Waals surface area contributed by atoms with E-state index in [0.717, 1.165) is 55.4 Å². The molecule has 0 bridgehead atoms. The Bertz CT molecular complexity index is 944. The molecule has 1 atom stereocenters. The van der Waals surface area contributed by atoms with Crippen molar-refractivity contribution in [2.45, 2.75) is 64.3 Å². The molecule has 0 spiro atoms. The van der Waals surface area contributed by atoms with Crippen LogP contribution in [0.1, 0.15) is 61.3 Å². The Labute approximate surface area is 164 Å². The van der Waals surface area contributed by atoms with Crippen molar-refractivity contribution in [2.75, 3.05) is 0 Å². The van der Waals surface area contributed by atoms with E-state index in [1.807, 2.05) is 12.1 Å². The second-order valence-electron chi connectivity index (χ2n) is 8.01. The number of hydrogen-bond acceptors (Lipinski definition) is 4. The van der Waals surface area contributed by atoms with Crippen molar-refractivity contribution >= 4 is 5.97 Å². The third kappa shape index (κ3) is 3.68. The zero-order valence-electron chi connectivity index (χ0n) is 16.2. The average molecular weight is 382 g/mol. The molecule has 2 aromatic rings. The summed E-state index contributed by atoms with van der Waals surface area (Å²) in [5.41, 5.74) is 3.37. The van der Waals surface area contributed by atoms with Gasteiger partial charge in [-0.25, -0.2) is 9.48 Å². The van der Waals surface area contributed by atoms with Gasteiger partial charge in [0, 0.05) is 6.07 Å². The van der Waals surface area contributed by atoms with Gasteiger partial charge < -0.3 is 9.84 Å². The van der Waals surface area contributed by atoms with E-state index in [9.17, 15) is 14.7 Å². The van der Waals surface area contributed by atoms with Crippen molar-refractivity contribution in [1.29, 1.82) is 0 Å². The molecule has 1 aromatic carbocycles. The van der Waals surface area contributed by atoms with Crippen LogP contribution in [0.25, 0.3) is 0 Å². The van der Waals surface area contributed by atoms with Gasteiger partial charge in [-0.3, -0.25) is 4.79 Å². The maximum atomic E-state index is 12.6. The Balaban J connectivity index is 1.57. The first-order chi connectivity index (χ1) is 13.5. The molecule has 1 heterocycles. The van der Waals surface area contributed by atoms with Gasteiger partial charge in [0.05, 0.1) is 6.20 Å². The number of carboxylic acid groups (broad SMARTS) is 1. The van der Waals surface area contributed by atoms with E-state index in [2.05, 4.69) is 12.0 Å². The quantitative estimate of drug-likeness (QED) is 0.815. The van der Waals surface area contributed by atoms with E-state index in [1.165, 1.54) is 29.0 Å². The summed E-state index contributed by atoms with van der Waals surface area (Å²) >= 11 is 0. The molecule has 0 radical (unpaired) electrons. The van der Waals surface area contributed by atoms with Gasteiger partial charge in [-0.2, -0.15) is 5.10 Å². The van der Waals surface area contributed by atoms with Crippen LogP contribution in [0.5, 0.6) is 11.5 Å². The minimum atomic E-state index is -1.01. The number of aliphatic carboxylic acids is 1. The number of aromatic nitrogens is 2. The lowest BCUT2D eigenvalue weighted by Gasteiger charge is -2.18. The molecule has 28 heavy (non-hydrogen) atoms. The molecule has 2 aliphatic carbocycles. The van der Waals surface area contributed by atoms with Crippen LogP contribution in [0.4, 0.5) is 0 Å². The molecule has 2 aliphatic rings. The smallest absolute Gasteiger partial charge is 0.328 e. The number of benzene rings is 1. The number of ether oxygens (including phenoxy) is 1. The topological polar surface area (TPSA) is 81.4 Å². The molecule has 1 fully saturated rings. The number of rotatable bonds is 6. The van der Waals surface area contributed by atoms with Crippen LogP contribution in [-0.2, 0) is 17.6 Å². The van der Waals surface area contributed by atoms with Crippen molar-refractivity contribution in [3.63, 3.8) is 0 Å². The Morgan fingerprint density at radius 2 is 2.00 bits per heavy atom. The largest absolute Gasteiger partial charge is 0.480 e. The molecule has 1 unspecified atom stereocenters. The van der Waals surface area contributed by atoms with Gasteiger partial charge in [0.2, 0.25) is 0 Å². The Kier molecular flexibility index (Phi) is 5.20. The van der Waals surface area contributed by atoms with E-state index < -0.39 is 17.6 Å². The molecule has 0 saturated heterocycles. The second kappa shape index (κ2) is 7.78. The van der Waals surface area contributed by atoms with Crippen molar-refractivity contribution in [1.82, 2.24) is 9.78 Å². The van der Waals surface area contributed by atoms with Gasteiger partial charge in [0.25, 0.3) is 5.56 Å². The van der Waals surface area contributed by atoms with Gasteiger partial charge in [-0.15, -0.1) is 0 Å². The number of nitrogens with zero attached hydrogens (tertiary/aromatic N) is 2. The highest BCUT2D eigenvalue weighted by Gasteiger charge is 2.28. The Morgan fingerprint density at radius 1 is 1.25 bits per heavy atom. The van der Waals surface area contributed by atoms with Crippen LogP contribution in [-0.4, -0.2) is 20.9 Å². The third-order valence-corrected chi connectivity index (χ3v) is 6.12. The molecular weight excluding hydrogens is 356 g/mol. The van der Waals surface area contributed by atoms with Gasteiger partial charge in [-0.1, -0.05) is 31.7 Å². The molecular formula is C22H26N2O4. The zero-order chi connectivity index (χ0) is 19.7. The molecule has 1 saturated carbocycles. The normalized spacial score (nSPS) is 17.5. The van der Waals surface area contributed by atoms with Crippen LogP contribution in [0.15, 0.2) is 29.2 Å². The highest BCUT2D eigenvalue weighted by Crippen LogP contribution is 2.35. The predicted molar refractivity (Wildman–Crippen MR) is 105 cm³/mol. The maximum absolute atomic E-state index is 12.6. The summed E-state index contributed by atoms with van der Waals surface area (Å²) in [6, 6.07) is 4.40. The van der Waals surface area contributed by atoms with Crippen molar-refractivity contribution in [3.05, 3.63) is 51.4 Å². The van der Waals surface area contributed by atoms with Crippen molar-refractivity contribution < 1.29 is 14.6 Å². The molecule has 6 heteroatoms. The van der Waals surface area contributed by atoms with Crippen molar-refractivity contribution in [2.24, 2.45) is 5.92 Å². The highest BCUT2D eigenvalue weighted by molar-refractivity contribution is 5.71. The van der Waals surface area contributed by atoms with Gasteiger partial charge in [0.1, 0.15) is 5.75 Å². The molecule has 148 valence electrons. The summed E-state index contributed by atoms with van der Waals surface area (Å²) in [5, 5.41) is 13.8. The van der Waals surface area contributed by atoms with E-state index in [4.69, 9.17) is 4.74 Å². The van der Waals surface area contributed by atoms with E-state index >= 15 is 0 Å². The number of hydrogen-bond donors (Lipinski definition) is 1. The lowest BCUT2D eigenvalue weighted by atomic mass is 9.98. The highest BCUT2D eigenvalue weighted by atomic mass is 16.5. The molecule has 0 aliphatic heterocycles. The van der Waals surface area contributed by atoms with E-state index in [0.29, 0.717) is 18.1 Å². The van der Waals surface area contributed by atoms with Crippen molar-refractivity contribution in [3.8, 4) is 11.5 Å². The monoisotopic (exact) mass is 382 g/mol.